The van der Waals surface area contributed by atoms with Crippen LogP contribution in [-0.4, -0.2) is 76.9 Å². The number of carbonyl (C=O) groups excluding carboxylic acids is 1. The van der Waals surface area contributed by atoms with Crippen LogP contribution in [0.1, 0.15) is 0 Å². The fourth-order valence-corrected chi connectivity index (χ4v) is 3.97. The number of anilines is 1. The zero-order valence-electron chi connectivity index (χ0n) is 17.7. The quantitative estimate of drug-likeness (QED) is 0.757. The summed E-state index contributed by atoms with van der Waals surface area (Å²) in [6.07, 6.45) is -0.145. The highest BCUT2D eigenvalue weighted by Crippen LogP contribution is 2.30. The zero-order chi connectivity index (χ0) is 20.9. The van der Waals surface area contributed by atoms with Crippen LogP contribution in [0.25, 0.3) is 0 Å². The Kier molecular flexibility index (Phi) is 6.28. The van der Waals surface area contributed by atoms with Crippen molar-refractivity contribution in [3.8, 4) is 17.2 Å². The molecule has 4 rings (SSSR count). The molecular formula is C23H30N3O4+. The molecule has 2 heterocycles. The predicted octanol–water partition coefficient (Wildman–Crippen LogP) is 0.699. The largest absolute Gasteiger partial charge is 0.497 e. The number of quaternary nitrogens is 1. The molecule has 0 aromatic heterocycles. The number of likely N-dealkylation sites (N-methyl/N-ethyl adjacent to an activating group) is 1. The van der Waals surface area contributed by atoms with Crippen LogP contribution in [0.5, 0.6) is 17.2 Å². The molecule has 1 saturated heterocycles. The Morgan fingerprint density at radius 3 is 2.70 bits per heavy atom. The van der Waals surface area contributed by atoms with Gasteiger partial charge in [-0.15, -0.1) is 0 Å². The zero-order valence-corrected chi connectivity index (χ0v) is 17.7. The number of para-hydroxylation sites is 2. The first-order valence-electron chi connectivity index (χ1n) is 10.5. The lowest BCUT2D eigenvalue weighted by atomic mass is 10.2. The van der Waals surface area contributed by atoms with Gasteiger partial charge in [-0.05, 0) is 24.3 Å². The molecule has 2 aliphatic heterocycles. The van der Waals surface area contributed by atoms with Crippen LogP contribution in [0.15, 0.2) is 48.5 Å². The third-order valence-electron chi connectivity index (χ3n) is 5.76. The molecule has 2 aromatic carbocycles. The first kappa shape index (κ1) is 20.3. The molecule has 0 saturated carbocycles. The van der Waals surface area contributed by atoms with E-state index >= 15 is 0 Å². The number of methoxy groups -OCH3 is 1. The maximum atomic E-state index is 12.7. The molecule has 0 unspecified atom stereocenters. The summed E-state index contributed by atoms with van der Waals surface area (Å²) in [5.41, 5.74) is 1.17. The van der Waals surface area contributed by atoms with Crippen LogP contribution in [-0.2, 0) is 4.79 Å². The van der Waals surface area contributed by atoms with Crippen molar-refractivity contribution in [1.29, 1.82) is 0 Å². The molecule has 0 aliphatic carbocycles. The molecule has 1 amide bonds. The number of fused-ring (bicyclic) bond motifs is 1. The standard InChI is InChI=1S/C23H29N3O4/c1-24(15-20-17-29-21-8-3-4-9-22(21)30-20)23(27)16-25-10-12-26(13-11-25)18-6-5-7-19(14-18)28-2/h3-9,14,20H,10-13,15-17H2,1-2H3/p+1/t20-/m0/s1. The maximum Gasteiger partial charge on any atom is 0.277 e. The molecule has 2 aromatic rings. The van der Waals surface area contributed by atoms with Crippen LogP contribution in [0.3, 0.4) is 0 Å². The summed E-state index contributed by atoms with van der Waals surface area (Å²) in [4.78, 5) is 18.2. The minimum Gasteiger partial charge on any atom is -0.497 e. The number of hydrogen-bond donors (Lipinski definition) is 1. The lowest BCUT2D eigenvalue weighted by Crippen LogP contribution is -3.15. The normalized spacial score (nSPS) is 18.7. The minimum atomic E-state index is -0.145. The highest BCUT2D eigenvalue weighted by atomic mass is 16.6. The predicted molar refractivity (Wildman–Crippen MR) is 115 cm³/mol. The van der Waals surface area contributed by atoms with E-state index in [1.54, 1.807) is 12.0 Å². The second kappa shape index (κ2) is 9.26. The highest BCUT2D eigenvalue weighted by Gasteiger charge is 2.27. The summed E-state index contributed by atoms with van der Waals surface area (Å²) in [5.74, 6) is 2.52. The van der Waals surface area contributed by atoms with Crippen molar-refractivity contribution >= 4 is 11.6 Å². The van der Waals surface area contributed by atoms with E-state index in [0.717, 1.165) is 43.4 Å². The van der Waals surface area contributed by atoms with Crippen molar-refractivity contribution in [2.75, 3.05) is 64.9 Å². The van der Waals surface area contributed by atoms with Gasteiger partial charge in [0.15, 0.2) is 24.1 Å². The second-order valence-corrected chi connectivity index (χ2v) is 7.89. The molecule has 1 atom stereocenters. The number of nitrogens with zero attached hydrogens (tertiary/aromatic N) is 2. The van der Waals surface area contributed by atoms with Gasteiger partial charge < -0.3 is 28.9 Å². The second-order valence-electron chi connectivity index (χ2n) is 7.89. The Morgan fingerprint density at radius 2 is 1.93 bits per heavy atom. The summed E-state index contributed by atoms with van der Waals surface area (Å²) in [6.45, 7) is 5.22. The molecule has 160 valence electrons. The van der Waals surface area contributed by atoms with E-state index in [1.807, 2.05) is 43.4 Å². The van der Waals surface area contributed by atoms with Crippen molar-refractivity contribution in [2.24, 2.45) is 0 Å². The number of ether oxygens (including phenoxy) is 3. The minimum absolute atomic E-state index is 0.141. The summed E-state index contributed by atoms with van der Waals surface area (Å²) in [7, 11) is 3.53. The van der Waals surface area contributed by atoms with Gasteiger partial charge in [-0.2, -0.15) is 0 Å². The Bertz CT molecular complexity index is 867. The van der Waals surface area contributed by atoms with Gasteiger partial charge in [0, 0.05) is 18.8 Å². The Morgan fingerprint density at radius 1 is 1.17 bits per heavy atom. The molecule has 0 bridgehead atoms. The summed E-state index contributed by atoms with van der Waals surface area (Å²) in [6, 6.07) is 15.8. The van der Waals surface area contributed by atoms with Crippen molar-refractivity contribution in [3.63, 3.8) is 0 Å². The number of nitrogens with one attached hydrogen (secondary N) is 1. The Balaban J connectivity index is 1.23. The van der Waals surface area contributed by atoms with E-state index in [9.17, 15) is 4.79 Å². The van der Waals surface area contributed by atoms with Crippen LogP contribution in [0, 0.1) is 0 Å². The topological polar surface area (TPSA) is 55.7 Å². The fraction of sp³-hybridized carbons (Fsp3) is 0.435. The highest BCUT2D eigenvalue weighted by molar-refractivity contribution is 5.76. The SMILES string of the molecule is COc1cccc(N2CC[NH+](CC(=O)N(C)C[C@H]3COc4ccccc4O3)CC2)c1. The third-order valence-corrected chi connectivity index (χ3v) is 5.76. The average molecular weight is 413 g/mol. The molecule has 1 N–H and O–H groups in total. The summed E-state index contributed by atoms with van der Waals surface area (Å²) < 4.78 is 17.1. The van der Waals surface area contributed by atoms with Crippen LogP contribution in [0.4, 0.5) is 5.69 Å². The van der Waals surface area contributed by atoms with Gasteiger partial charge in [0.1, 0.15) is 12.4 Å². The number of carbonyl (C=O) groups is 1. The van der Waals surface area contributed by atoms with Crippen molar-refractivity contribution in [1.82, 2.24) is 4.90 Å². The van der Waals surface area contributed by atoms with Crippen LogP contribution < -0.4 is 24.0 Å². The molecule has 30 heavy (non-hydrogen) atoms. The van der Waals surface area contributed by atoms with E-state index in [0.29, 0.717) is 19.7 Å². The van der Waals surface area contributed by atoms with E-state index in [1.165, 1.54) is 10.6 Å². The summed E-state index contributed by atoms with van der Waals surface area (Å²) in [5, 5.41) is 0. The Labute approximate surface area is 177 Å². The average Bonchev–Trinajstić information content (AvgIpc) is 2.79. The van der Waals surface area contributed by atoms with E-state index in [4.69, 9.17) is 14.2 Å². The number of hydrogen-bond acceptors (Lipinski definition) is 5. The number of amides is 1. The lowest BCUT2D eigenvalue weighted by molar-refractivity contribution is -0.892. The van der Waals surface area contributed by atoms with E-state index in [2.05, 4.69) is 17.0 Å². The van der Waals surface area contributed by atoms with Crippen molar-refractivity contribution < 1.29 is 23.9 Å². The lowest BCUT2D eigenvalue weighted by Gasteiger charge is -2.34. The van der Waals surface area contributed by atoms with E-state index in [-0.39, 0.29) is 12.0 Å². The monoisotopic (exact) mass is 412 g/mol. The smallest absolute Gasteiger partial charge is 0.277 e. The van der Waals surface area contributed by atoms with Gasteiger partial charge in [-0.1, -0.05) is 18.2 Å². The molecule has 0 spiro atoms. The van der Waals surface area contributed by atoms with E-state index < -0.39 is 0 Å². The molecule has 2 aliphatic rings. The maximum absolute atomic E-state index is 12.7. The van der Waals surface area contributed by atoms with Crippen LogP contribution in [0.2, 0.25) is 0 Å². The van der Waals surface area contributed by atoms with Gasteiger partial charge in [-0.25, -0.2) is 0 Å². The molecule has 7 heteroatoms. The fourth-order valence-electron chi connectivity index (χ4n) is 3.97. The molecular weight excluding hydrogens is 382 g/mol. The van der Waals surface area contributed by atoms with Gasteiger partial charge >= 0.3 is 0 Å². The number of benzene rings is 2. The van der Waals surface area contributed by atoms with Crippen LogP contribution >= 0.6 is 0 Å². The van der Waals surface area contributed by atoms with Crippen molar-refractivity contribution in [3.05, 3.63) is 48.5 Å². The summed E-state index contributed by atoms with van der Waals surface area (Å²) >= 11 is 0. The molecule has 0 radical (unpaired) electrons. The first-order chi connectivity index (χ1) is 14.6. The van der Waals surface area contributed by atoms with Gasteiger partial charge in [-0.3, -0.25) is 4.79 Å². The number of piperazine rings is 1. The molecule has 1 fully saturated rings. The third kappa shape index (κ3) is 4.79. The number of rotatable bonds is 6. The molecule has 7 nitrogen and oxygen atoms in total. The first-order valence-corrected chi connectivity index (χ1v) is 10.5. The van der Waals surface area contributed by atoms with Crippen molar-refractivity contribution in [2.45, 2.75) is 6.10 Å². The van der Waals surface area contributed by atoms with Gasteiger partial charge in [0.05, 0.1) is 39.8 Å². The Hall–Kier alpha value is -2.93. The van der Waals surface area contributed by atoms with Gasteiger partial charge in [0.25, 0.3) is 5.91 Å². The van der Waals surface area contributed by atoms with Gasteiger partial charge in [0.2, 0.25) is 0 Å².